The van der Waals surface area contributed by atoms with Crippen molar-refractivity contribution in [1.82, 2.24) is 26.3 Å². The van der Waals surface area contributed by atoms with Gasteiger partial charge in [-0.15, -0.1) is 11.3 Å². The normalized spacial score (nSPS) is 16.4. The predicted octanol–water partition coefficient (Wildman–Crippen LogP) is 23.2. The molecule has 4 aliphatic rings. The number of thiazole rings is 1. The molecule has 3 saturated carbocycles. The van der Waals surface area contributed by atoms with Gasteiger partial charge in [0.05, 0.1) is 59.2 Å². The number of phenolic OH excluding ortho intramolecular Hbond substituents is 4. The van der Waals surface area contributed by atoms with Gasteiger partial charge in [0.15, 0.2) is 98.5 Å². The maximum absolute atomic E-state index is 14.6. The first-order valence-electron chi connectivity index (χ1n) is 45.7. The molecule has 1 aromatic heterocycles. The van der Waals surface area contributed by atoms with Crippen molar-refractivity contribution >= 4 is 57.6 Å². The Morgan fingerprint density at radius 2 is 0.896 bits per heavy atom. The Bertz CT molecular complexity index is 6020. The number of ketones is 6. The number of phenols is 4. The van der Waals surface area contributed by atoms with Gasteiger partial charge in [-0.3, -0.25) is 50.0 Å². The topological polar surface area (TPSA) is 325 Å². The number of carbonyl (C=O) groups is 6. The Kier molecular flexibility index (Phi) is 39.9. The molecule has 9 atom stereocenters. The first kappa shape index (κ1) is 114. The summed E-state index contributed by atoms with van der Waals surface area (Å²) >= 11 is 7.00. The number of aromatic nitrogens is 1. The number of aromatic hydroxyl groups is 4. The van der Waals surface area contributed by atoms with Gasteiger partial charge in [0.25, 0.3) is 6.43 Å². The Balaban J connectivity index is 0.000000200. The van der Waals surface area contributed by atoms with E-state index in [-0.39, 0.29) is 106 Å². The Morgan fingerprint density at radius 3 is 1.27 bits per heavy atom. The van der Waals surface area contributed by atoms with E-state index < -0.39 is 226 Å². The molecule has 0 bridgehead atoms. The highest BCUT2D eigenvalue weighted by Gasteiger charge is 2.51. The smallest absolute Gasteiger partial charge is 0.407 e. The van der Waals surface area contributed by atoms with Crippen molar-refractivity contribution in [2.45, 2.75) is 234 Å². The van der Waals surface area contributed by atoms with Crippen LogP contribution >= 0.6 is 22.9 Å². The summed E-state index contributed by atoms with van der Waals surface area (Å²) in [6.45, 7) is 4.67. The van der Waals surface area contributed by atoms with E-state index in [0.29, 0.717) is 55.9 Å². The standard InChI is InChI=1S/C35H42F5NO5.C26H22F5N3O2S.C22H19F5N2O2.C20H16ClF5N2O2/c1-2-5-26(32(44)31(43)19-21-6-3-4-7-21)20-30(42)29(18-22-16-27(36)33(45)28(37)17-22)41-34(35(38,39)40)25-10-8-23(9-11-25)24-12-14-46-15-13-24;1-14-12-37-24(33-14)17-4-2-3-16(10-17)23(26(29,30)31)34-20(21(35)11-25(13-32)5-6-25)9-15-7-18(27)22(36)19(28)8-15;23-14-3-1-13(2-4-14)19(21(26)27)29-17(18(30)10-22(11-28)5-6-22)9-12-7-15(24)20(31)16(25)8-12;21-13-5-3-12(4-6-13)19(20(24,25)26)28-16(17(29)2-1-7-27)10-11-8-14(22)18(30)15(23)9-11/h8-11,16-17,21,24,26,29,34,41,45H,2-7,12-15,18-20H2,1H3;2-4,7-8,10,12,20,23,34,36H,5-6,9,11H2,1H3;1-4,7-8,17,19,21,29,31H,5-6,9-10H2;3-6,8-9,16,19,28,30H,1-2,10H2/t26-,29+,34+;20-,23-;17-,19-;16-,19-/m1000/s1. The SMILES string of the molecule is CCC[C@H](CC(=O)[C@H](Cc1cc(F)c(O)c(F)c1)N[C@@H](c1ccc(C2CCOCC2)cc1)C(F)(F)F)C(=O)C(=O)CC1CCCC1.Cc1csc(-c2cccc([C@H](N[C@@H](Cc3cc(F)c(O)c(F)c3)C(=O)CC3(C#N)CC3)C(F)(F)F)c2)n1.N#CC1(CC(=O)[C@H](Cc2cc(F)c(O)c(F)c2)N[C@@H](c2ccc(F)cc2)C(F)F)CC1.N#CCCC(=O)[C@H](Cc1cc(F)c(O)c(F)c1)N[C@@H](c1ccc(Cl)cc1)C(F)(F)F. The fourth-order valence-electron chi connectivity index (χ4n) is 17.0. The second-order valence-corrected chi connectivity index (χ2v) is 37.4. The summed E-state index contributed by atoms with van der Waals surface area (Å²) in [6, 6.07) is 18.3. The zero-order chi connectivity index (χ0) is 106. The molecule has 9 aromatic rings. The van der Waals surface area contributed by atoms with Crippen LogP contribution in [-0.4, -0.2) is 122 Å². The van der Waals surface area contributed by atoms with Crippen molar-refractivity contribution in [2.24, 2.45) is 22.7 Å². The van der Waals surface area contributed by atoms with Gasteiger partial charge in [0.2, 0.25) is 5.78 Å². The highest BCUT2D eigenvalue weighted by molar-refractivity contribution is 7.13. The van der Waals surface area contributed by atoms with E-state index in [9.17, 15) is 148 Å². The van der Waals surface area contributed by atoms with Crippen LogP contribution in [0.25, 0.3) is 10.6 Å². The molecular weight excluding hydrogens is 1970 g/mol. The van der Waals surface area contributed by atoms with E-state index in [0.717, 1.165) is 135 Å². The molecule has 0 spiro atoms. The predicted molar refractivity (Wildman–Crippen MR) is 487 cm³/mol. The molecule has 1 aliphatic heterocycles. The van der Waals surface area contributed by atoms with Crippen LogP contribution in [0.4, 0.5) is 87.8 Å². The molecule has 8 N–H and O–H groups in total. The maximum atomic E-state index is 14.6. The number of nitrogens with one attached hydrogen (secondary N) is 4. The summed E-state index contributed by atoms with van der Waals surface area (Å²) in [6.07, 6.45) is -13.1. The molecule has 770 valence electrons. The molecule has 2 heterocycles. The van der Waals surface area contributed by atoms with Crippen molar-refractivity contribution in [3.63, 3.8) is 0 Å². The van der Waals surface area contributed by atoms with Crippen LogP contribution in [-0.2, 0) is 59.2 Å². The first-order chi connectivity index (χ1) is 67.9. The van der Waals surface area contributed by atoms with Gasteiger partial charge in [-0.1, -0.05) is 117 Å². The van der Waals surface area contributed by atoms with Crippen LogP contribution in [0.3, 0.4) is 0 Å². The monoisotopic (exact) mass is 2070 g/mol. The van der Waals surface area contributed by atoms with Gasteiger partial charge >= 0.3 is 18.5 Å². The molecule has 0 amide bonds. The molecule has 19 nitrogen and oxygen atoms in total. The summed E-state index contributed by atoms with van der Waals surface area (Å²) < 4.78 is 285. The van der Waals surface area contributed by atoms with Crippen molar-refractivity contribution < 1.29 is 142 Å². The summed E-state index contributed by atoms with van der Waals surface area (Å²) in [5, 5.41) is 76.6. The van der Waals surface area contributed by atoms with E-state index >= 15 is 0 Å². The fourth-order valence-corrected chi connectivity index (χ4v) is 17.9. The van der Waals surface area contributed by atoms with Gasteiger partial charge in [-0.05, 0) is 218 Å². The van der Waals surface area contributed by atoms with Crippen LogP contribution < -0.4 is 21.3 Å². The second kappa shape index (κ2) is 50.5. The lowest BCUT2D eigenvalue weighted by atomic mass is 9.85. The first-order valence-corrected chi connectivity index (χ1v) is 47.0. The van der Waals surface area contributed by atoms with Gasteiger partial charge in [0.1, 0.15) is 29.0 Å². The number of rotatable bonds is 41. The summed E-state index contributed by atoms with van der Waals surface area (Å²) in [5.74, 6) is -20.6. The zero-order valence-corrected chi connectivity index (χ0v) is 78.7. The van der Waals surface area contributed by atoms with Gasteiger partial charge in [0, 0.05) is 79.3 Å². The van der Waals surface area contributed by atoms with E-state index in [4.69, 9.17) is 21.6 Å². The Labute approximate surface area is 823 Å². The summed E-state index contributed by atoms with van der Waals surface area (Å²) in [7, 11) is 0. The lowest BCUT2D eigenvalue weighted by molar-refractivity contribution is -0.161. The number of hydrogen-bond donors (Lipinski definition) is 8. The van der Waals surface area contributed by atoms with Gasteiger partial charge in [-0.25, -0.2) is 53.3 Å². The molecule has 0 radical (unpaired) electrons. The van der Waals surface area contributed by atoms with E-state index in [1.807, 2.05) is 6.07 Å². The molecule has 13 rings (SSSR count). The Morgan fingerprint density at radius 1 is 0.507 bits per heavy atom. The Hall–Kier alpha value is -12.2. The number of ether oxygens (including phenoxy) is 1. The van der Waals surface area contributed by atoms with Crippen LogP contribution in [0.1, 0.15) is 208 Å². The highest BCUT2D eigenvalue weighted by atomic mass is 35.5. The summed E-state index contributed by atoms with van der Waals surface area (Å²) in [4.78, 5) is 82.6. The molecule has 1 saturated heterocycles. The van der Waals surface area contributed by atoms with Crippen molar-refractivity contribution in [2.75, 3.05) is 13.2 Å². The minimum atomic E-state index is -4.86. The van der Waals surface area contributed by atoms with Crippen LogP contribution in [0.15, 0.2) is 151 Å². The van der Waals surface area contributed by atoms with Gasteiger partial charge in [-0.2, -0.15) is 55.3 Å². The van der Waals surface area contributed by atoms with Crippen molar-refractivity contribution in [3.8, 4) is 51.8 Å². The highest BCUT2D eigenvalue weighted by Crippen LogP contribution is 2.51. The van der Waals surface area contributed by atoms with Gasteiger partial charge < -0.3 is 25.2 Å². The van der Waals surface area contributed by atoms with E-state index in [1.165, 1.54) is 53.8 Å². The number of carbonyl (C=O) groups excluding carboxylic acids is 6. The lowest BCUT2D eigenvalue weighted by Crippen LogP contribution is -2.46. The quantitative estimate of drug-likeness (QED) is 0.0130. The minimum Gasteiger partial charge on any atom is -0.503 e. The number of alkyl halides is 11. The molecule has 144 heavy (non-hydrogen) atoms. The molecular formula is C103H99ClF20N8O11S. The number of aryl methyl sites for hydroxylation is 1. The molecule has 0 unspecified atom stereocenters. The fraction of sp³-hybridized carbons (Fsp3) is 0.417. The number of nitrogens with zero attached hydrogens (tertiary/aromatic N) is 4. The number of nitriles is 3. The third-order valence-corrected chi connectivity index (χ3v) is 26.5. The van der Waals surface area contributed by atoms with Crippen LogP contribution in [0.2, 0.25) is 5.02 Å². The summed E-state index contributed by atoms with van der Waals surface area (Å²) in [5.41, 5.74) is -0.672. The second-order valence-electron chi connectivity index (χ2n) is 36.1. The molecule has 41 heteroatoms. The van der Waals surface area contributed by atoms with Crippen LogP contribution in [0.5, 0.6) is 23.0 Å². The number of halogens is 21. The average Bonchev–Trinajstić information content (AvgIpc) is 1.05. The zero-order valence-electron chi connectivity index (χ0n) is 77.1. The third kappa shape index (κ3) is 32.1. The number of hydrogen-bond acceptors (Lipinski definition) is 20. The molecule has 3 aliphatic carbocycles. The molecule has 4 fully saturated rings. The van der Waals surface area contributed by atoms with Crippen molar-refractivity contribution in [3.05, 3.63) is 264 Å². The van der Waals surface area contributed by atoms with Crippen molar-refractivity contribution in [1.29, 1.82) is 15.8 Å². The minimum absolute atomic E-state index is 0.0266. The third-order valence-electron chi connectivity index (χ3n) is 25.2. The lowest BCUT2D eigenvalue weighted by Gasteiger charge is -2.29. The van der Waals surface area contributed by atoms with Crippen LogP contribution in [0, 0.1) is 116 Å². The maximum Gasteiger partial charge on any atom is 0.407 e. The largest absolute Gasteiger partial charge is 0.503 e. The van der Waals surface area contributed by atoms with E-state index in [2.05, 4.69) is 32.3 Å². The van der Waals surface area contributed by atoms with E-state index in [1.54, 1.807) is 43.5 Å². The number of benzene rings is 8. The molecule has 8 aromatic carbocycles. The number of Topliss-reactive ketones (excluding diaryl/α,β-unsaturated/α-hetero) is 6. The average molecular weight is 2070 g/mol.